The highest BCUT2D eigenvalue weighted by Crippen LogP contribution is 2.40. The fourth-order valence-electron chi connectivity index (χ4n) is 2.29. The first kappa shape index (κ1) is 12.8. The van der Waals surface area contributed by atoms with Gasteiger partial charge in [-0.25, -0.2) is 18.0 Å². The molecule has 3 rings (SSSR count). The van der Waals surface area contributed by atoms with Crippen LogP contribution in [-0.4, -0.2) is 15.6 Å². The third-order valence-corrected chi connectivity index (χ3v) is 3.33. The Labute approximate surface area is 112 Å². The van der Waals surface area contributed by atoms with Crippen LogP contribution in [0.4, 0.5) is 13.2 Å². The van der Waals surface area contributed by atoms with Gasteiger partial charge in [-0.05, 0) is 37.1 Å². The molecule has 3 nitrogen and oxygen atoms in total. The molecule has 0 radical (unpaired) electrons. The molecule has 1 aliphatic carbocycles. The Morgan fingerprint density at radius 1 is 1.15 bits per heavy atom. The average Bonchev–Trinajstić information content (AvgIpc) is 3.13. The monoisotopic (exact) mass is 281 g/mol. The second-order valence-electron chi connectivity index (χ2n) is 4.76. The Hall–Kier alpha value is -2.24. The Morgan fingerprint density at radius 3 is 2.25 bits per heavy atom. The van der Waals surface area contributed by atoms with E-state index < -0.39 is 23.4 Å². The zero-order valence-electron chi connectivity index (χ0n) is 10.2. The Morgan fingerprint density at radius 2 is 1.75 bits per heavy atom. The second-order valence-corrected chi connectivity index (χ2v) is 4.76. The first-order valence-corrected chi connectivity index (χ1v) is 6.08. The van der Waals surface area contributed by atoms with Crippen LogP contribution in [-0.2, 0) is 0 Å². The zero-order valence-corrected chi connectivity index (χ0v) is 10.2. The van der Waals surface area contributed by atoms with E-state index in [1.54, 1.807) is 0 Å². The van der Waals surface area contributed by atoms with Gasteiger partial charge in [-0.3, -0.25) is 0 Å². The number of carboxylic acids is 1. The van der Waals surface area contributed by atoms with Gasteiger partial charge in [0, 0.05) is 17.3 Å². The van der Waals surface area contributed by atoms with Crippen molar-refractivity contribution in [1.29, 1.82) is 0 Å². The van der Waals surface area contributed by atoms with Gasteiger partial charge in [0.2, 0.25) is 0 Å². The molecular weight excluding hydrogens is 271 g/mol. The molecule has 104 valence electrons. The van der Waals surface area contributed by atoms with Crippen molar-refractivity contribution in [3.8, 4) is 11.3 Å². The van der Waals surface area contributed by atoms with Crippen molar-refractivity contribution >= 4 is 5.97 Å². The topological polar surface area (TPSA) is 42.2 Å². The van der Waals surface area contributed by atoms with Gasteiger partial charge in [0.15, 0.2) is 17.5 Å². The summed E-state index contributed by atoms with van der Waals surface area (Å²) in [4.78, 5) is 11.2. The minimum Gasteiger partial charge on any atom is -0.477 e. The van der Waals surface area contributed by atoms with E-state index in [2.05, 4.69) is 0 Å². The fourth-order valence-corrected chi connectivity index (χ4v) is 2.29. The summed E-state index contributed by atoms with van der Waals surface area (Å²) in [5.74, 6) is -5.22. The van der Waals surface area contributed by atoms with Crippen LogP contribution in [0.25, 0.3) is 11.3 Å². The summed E-state index contributed by atoms with van der Waals surface area (Å²) in [6.07, 6.45) is 1.63. The van der Waals surface area contributed by atoms with Gasteiger partial charge in [-0.2, -0.15) is 0 Å². The molecule has 6 heteroatoms. The third-order valence-electron chi connectivity index (χ3n) is 3.33. The van der Waals surface area contributed by atoms with E-state index in [0.29, 0.717) is 5.69 Å². The molecule has 1 heterocycles. The first-order valence-electron chi connectivity index (χ1n) is 6.08. The minimum absolute atomic E-state index is 0.0160. The predicted octanol–water partition coefficient (Wildman–Crippen LogP) is 3.61. The summed E-state index contributed by atoms with van der Waals surface area (Å²) in [6, 6.07) is 4.63. The first-order chi connectivity index (χ1) is 9.49. The summed E-state index contributed by atoms with van der Waals surface area (Å²) in [5, 5.41) is 9.13. The van der Waals surface area contributed by atoms with Gasteiger partial charge >= 0.3 is 5.97 Å². The van der Waals surface area contributed by atoms with Gasteiger partial charge in [0.1, 0.15) is 5.69 Å². The van der Waals surface area contributed by atoms with E-state index in [1.807, 2.05) is 0 Å². The van der Waals surface area contributed by atoms with Gasteiger partial charge in [0.25, 0.3) is 0 Å². The molecule has 0 unspecified atom stereocenters. The SMILES string of the molecule is O=C(O)c1ccc(-c2cc(F)c(F)c(F)c2)n1C1CC1. The van der Waals surface area contributed by atoms with Crippen molar-refractivity contribution in [3.63, 3.8) is 0 Å². The van der Waals surface area contributed by atoms with Crippen LogP contribution in [0.1, 0.15) is 29.4 Å². The van der Waals surface area contributed by atoms with E-state index in [-0.39, 0.29) is 17.3 Å². The lowest BCUT2D eigenvalue weighted by atomic mass is 10.1. The molecular formula is C14H10F3NO2. The quantitative estimate of drug-likeness (QED) is 0.873. The van der Waals surface area contributed by atoms with Gasteiger partial charge < -0.3 is 9.67 Å². The predicted molar refractivity (Wildman–Crippen MR) is 65.0 cm³/mol. The molecule has 1 N–H and O–H groups in total. The number of rotatable bonds is 3. The molecule has 0 saturated heterocycles. The summed E-state index contributed by atoms with van der Waals surface area (Å²) in [6.45, 7) is 0. The van der Waals surface area contributed by atoms with Crippen LogP contribution in [0.5, 0.6) is 0 Å². The van der Waals surface area contributed by atoms with Gasteiger partial charge in [-0.15, -0.1) is 0 Å². The van der Waals surface area contributed by atoms with Crippen molar-refractivity contribution in [2.45, 2.75) is 18.9 Å². The fraction of sp³-hybridized carbons (Fsp3) is 0.214. The number of aromatic nitrogens is 1. The number of halogens is 3. The Bertz CT molecular complexity index is 681. The normalized spacial score (nSPS) is 14.6. The Kier molecular flexibility index (Phi) is 2.81. The van der Waals surface area contributed by atoms with Crippen LogP contribution in [0.3, 0.4) is 0 Å². The molecule has 0 aliphatic heterocycles. The maximum absolute atomic E-state index is 13.3. The standard InChI is InChI=1S/C14H10F3NO2/c15-9-5-7(6-10(16)13(9)17)11-3-4-12(14(19)20)18(11)8-1-2-8/h3-6,8H,1-2H2,(H,19,20). The molecule has 1 aromatic carbocycles. The molecule has 1 saturated carbocycles. The largest absolute Gasteiger partial charge is 0.477 e. The molecule has 20 heavy (non-hydrogen) atoms. The maximum Gasteiger partial charge on any atom is 0.352 e. The van der Waals surface area contributed by atoms with Crippen LogP contribution in [0.2, 0.25) is 0 Å². The third kappa shape index (κ3) is 1.97. The van der Waals surface area contributed by atoms with E-state index in [1.165, 1.54) is 16.7 Å². The number of nitrogens with zero attached hydrogens (tertiary/aromatic N) is 1. The summed E-state index contributed by atoms with van der Waals surface area (Å²) in [7, 11) is 0. The number of hydrogen-bond donors (Lipinski definition) is 1. The lowest BCUT2D eigenvalue weighted by Gasteiger charge is -2.11. The minimum atomic E-state index is -1.53. The van der Waals surface area contributed by atoms with E-state index in [4.69, 9.17) is 5.11 Å². The van der Waals surface area contributed by atoms with E-state index in [0.717, 1.165) is 25.0 Å². The molecule has 1 fully saturated rings. The summed E-state index contributed by atoms with van der Waals surface area (Å²) < 4.78 is 41.1. The molecule has 0 spiro atoms. The van der Waals surface area contributed by atoms with Crippen molar-refractivity contribution in [2.24, 2.45) is 0 Å². The van der Waals surface area contributed by atoms with Crippen LogP contribution < -0.4 is 0 Å². The van der Waals surface area contributed by atoms with Crippen molar-refractivity contribution < 1.29 is 23.1 Å². The number of aromatic carboxylic acids is 1. The second kappa shape index (κ2) is 4.40. The highest BCUT2D eigenvalue weighted by Gasteiger charge is 2.30. The number of carbonyl (C=O) groups is 1. The highest BCUT2D eigenvalue weighted by molar-refractivity contribution is 5.87. The van der Waals surface area contributed by atoms with E-state index >= 15 is 0 Å². The molecule has 0 atom stereocenters. The van der Waals surface area contributed by atoms with Crippen LogP contribution in [0, 0.1) is 17.5 Å². The van der Waals surface area contributed by atoms with Crippen molar-refractivity contribution in [3.05, 3.63) is 47.4 Å². The molecule has 1 aromatic heterocycles. The summed E-state index contributed by atoms with van der Waals surface area (Å²) >= 11 is 0. The van der Waals surface area contributed by atoms with Gasteiger partial charge in [0.05, 0.1) is 0 Å². The van der Waals surface area contributed by atoms with Crippen LogP contribution in [0.15, 0.2) is 24.3 Å². The lowest BCUT2D eigenvalue weighted by molar-refractivity contribution is 0.0685. The number of carboxylic acid groups (broad SMARTS) is 1. The van der Waals surface area contributed by atoms with Crippen molar-refractivity contribution in [2.75, 3.05) is 0 Å². The summed E-state index contributed by atoms with van der Waals surface area (Å²) in [5.41, 5.74) is 0.566. The zero-order chi connectivity index (χ0) is 14.4. The molecule has 1 aliphatic rings. The smallest absolute Gasteiger partial charge is 0.352 e. The molecule has 0 amide bonds. The van der Waals surface area contributed by atoms with Crippen molar-refractivity contribution in [1.82, 2.24) is 4.57 Å². The lowest BCUT2D eigenvalue weighted by Crippen LogP contribution is -2.08. The number of benzene rings is 1. The molecule has 0 bridgehead atoms. The maximum atomic E-state index is 13.3. The number of hydrogen-bond acceptors (Lipinski definition) is 1. The average molecular weight is 281 g/mol. The Balaban J connectivity index is 2.17. The highest BCUT2D eigenvalue weighted by atomic mass is 19.2. The van der Waals surface area contributed by atoms with Crippen LogP contribution >= 0.6 is 0 Å². The van der Waals surface area contributed by atoms with E-state index in [9.17, 15) is 18.0 Å². The molecule has 2 aromatic rings. The van der Waals surface area contributed by atoms with Gasteiger partial charge in [-0.1, -0.05) is 0 Å².